The van der Waals surface area contributed by atoms with Gasteiger partial charge in [-0.25, -0.2) is 0 Å². The predicted molar refractivity (Wildman–Crippen MR) is 86.8 cm³/mol. The van der Waals surface area contributed by atoms with Crippen LogP contribution < -0.4 is 0 Å². The summed E-state index contributed by atoms with van der Waals surface area (Å²) in [5.41, 5.74) is 4.17. The largest absolute Gasteiger partial charge is 0.256 e. The maximum Gasteiger partial charge on any atom is 0.0780 e. The maximum absolute atomic E-state index is 10.3. The molecule has 3 nitrogen and oxygen atoms in total. The third-order valence-electron chi connectivity index (χ3n) is 3.16. The van der Waals surface area contributed by atoms with Crippen molar-refractivity contribution in [3.8, 4) is 22.4 Å². The van der Waals surface area contributed by atoms with Crippen LogP contribution in [0.4, 0.5) is 0 Å². The first kappa shape index (κ1) is 13.5. The topological polar surface area (TPSA) is 42.3 Å². The number of rotatable bonds is 4. The Balaban J connectivity index is 2.05. The number of hydrogen-bond donors (Lipinski definition) is 0. The lowest BCUT2D eigenvalue weighted by molar-refractivity contribution is 1.32. The van der Waals surface area contributed by atoms with Gasteiger partial charge in [0.15, 0.2) is 0 Å². The molecule has 1 heterocycles. The quantitative estimate of drug-likeness (QED) is 0.491. The summed E-state index contributed by atoms with van der Waals surface area (Å²) in [6.07, 6.45) is 1.80. The van der Waals surface area contributed by atoms with Gasteiger partial charge in [-0.1, -0.05) is 48.5 Å². The Hall–Kier alpha value is -2.46. The minimum absolute atomic E-state index is 0.832. The van der Waals surface area contributed by atoms with E-state index in [9.17, 15) is 4.91 Å². The summed E-state index contributed by atoms with van der Waals surface area (Å²) in [6, 6.07) is 21.8. The number of nitroso groups, excluding NO2 is 1. The summed E-state index contributed by atoms with van der Waals surface area (Å²) >= 11 is 0.934. The molecule has 0 saturated heterocycles. The van der Waals surface area contributed by atoms with Crippen LogP contribution in [0.2, 0.25) is 0 Å². The molecule has 102 valence electrons. The summed E-state index contributed by atoms with van der Waals surface area (Å²) in [5, 5.41) is 0. The molecule has 2 aromatic carbocycles. The molecule has 0 amide bonds. The first-order chi connectivity index (χ1) is 10.4. The van der Waals surface area contributed by atoms with Crippen molar-refractivity contribution in [1.82, 2.24) is 4.98 Å². The van der Waals surface area contributed by atoms with E-state index in [2.05, 4.69) is 15.6 Å². The van der Waals surface area contributed by atoms with E-state index in [4.69, 9.17) is 0 Å². The number of aromatic nitrogens is 1. The van der Waals surface area contributed by atoms with Gasteiger partial charge in [0.25, 0.3) is 0 Å². The third kappa shape index (κ3) is 3.01. The molecule has 4 heteroatoms. The van der Waals surface area contributed by atoms with E-state index in [1.807, 2.05) is 60.7 Å². The van der Waals surface area contributed by atoms with Crippen molar-refractivity contribution in [2.45, 2.75) is 4.90 Å². The molecule has 0 atom stereocenters. The van der Waals surface area contributed by atoms with Crippen molar-refractivity contribution in [3.63, 3.8) is 0 Å². The van der Waals surface area contributed by atoms with Crippen LogP contribution >= 0.6 is 11.9 Å². The number of pyridine rings is 1. The van der Waals surface area contributed by atoms with Crippen LogP contribution in [0.15, 0.2) is 82.4 Å². The van der Waals surface area contributed by atoms with Crippen molar-refractivity contribution in [2.75, 3.05) is 0 Å². The highest BCUT2D eigenvalue weighted by molar-refractivity contribution is 7.98. The monoisotopic (exact) mass is 292 g/mol. The second kappa shape index (κ2) is 6.33. The Bertz CT molecular complexity index is 742. The Labute approximate surface area is 127 Å². The van der Waals surface area contributed by atoms with E-state index in [1.165, 1.54) is 0 Å². The van der Waals surface area contributed by atoms with Gasteiger partial charge in [-0.15, -0.1) is 4.91 Å². The zero-order chi connectivity index (χ0) is 14.5. The molecule has 0 N–H and O–H groups in total. The summed E-state index contributed by atoms with van der Waals surface area (Å²) in [4.78, 5) is 15.6. The van der Waals surface area contributed by atoms with E-state index in [-0.39, 0.29) is 0 Å². The predicted octanol–water partition coefficient (Wildman–Crippen LogP) is 5.19. The van der Waals surface area contributed by atoms with Crippen molar-refractivity contribution in [1.29, 1.82) is 0 Å². The molecule has 3 aromatic rings. The zero-order valence-corrected chi connectivity index (χ0v) is 12.0. The van der Waals surface area contributed by atoms with E-state index in [0.717, 1.165) is 39.2 Å². The number of benzene rings is 2. The Morgan fingerprint density at radius 3 is 2.29 bits per heavy atom. The summed E-state index contributed by atoms with van der Waals surface area (Å²) in [5.74, 6) is 0. The summed E-state index contributed by atoms with van der Waals surface area (Å²) in [6.45, 7) is 0. The highest BCUT2D eigenvalue weighted by Crippen LogP contribution is 2.31. The molecule has 0 spiro atoms. The van der Waals surface area contributed by atoms with Gasteiger partial charge in [0.1, 0.15) is 0 Å². The van der Waals surface area contributed by atoms with Crippen molar-refractivity contribution in [2.24, 2.45) is 4.58 Å². The fraction of sp³-hybridized carbons (Fsp3) is 0. The average molecular weight is 292 g/mol. The maximum atomic E-state index is 10.3. The van der Waals surface area contributed by atoms with Gasteiger partial charge in [-0.2, -0.15) is 0 Å². The highest BCUT2D eigenvalue weighted by atomic mass is 32.2. The van der Waals surface area contributed by atoms with Crippen LogP contribution in [0.5, 0.6) is 0 Å². The Morgan fingerprint density at radius 2 is 1.57 bits per heavy atom. The van der Waals surface area contributed by atoms with E-state index >= 15 is 0 Å². The minimum Gasteiger partial charge on any atom is -0.256 e. The van der Waals surface area contributed by atoms with Crippen LogP contribution in [0, 0.1) is 4.91 Å². The second-order valence-electron chi connectivity index (χ2n) is 4.46. The molecule has 0 unspecified atom stereocenters. The van der Waals surface area contributed by atoms with Crippen LogP contribution in [0.3, 0.4) is 0 Å². The molecule has 0 saturated carbocycles. The molecule has 21 heavy (non-hydrogen) atoms. The standard InChI is InChI=1S/C17H12N2OS/c20-19-21-15-10-8-13(9-11-15)16-7-4-12-18-17(16)14-5-2-1-3-6-14/h1-12H. The molecule has 0 radical (unpaired) electrons. The lowest BCUT2D eigenvalue weighted by Crippen LogP contribution is -1.88. The van der Waals surface area contributed by atoms with Gasteiger partial charge in [-0.05, 0) is 23.8 Å². The molecular weight excluding hydrogens is 280 g/mol. The molecule has 0 aliphatic carbocycles. The van der Waals surface area contributed by atoms with Crippen LogP contribution in [0.1, 0.15) is 0 Å². The van der Waals surface area contributed by atoms with Crippen LogP contribution in [-0.4, -0.2) is 4.98 Å². The van der Waals surface area contributed by atoms with E-state index < -0.39 is 0 Å². The number of hydrogen-bond acceptors (Lipinski definition) is 4. The molecule has 0 bridgehead atoms. The summed E-state index contributed by atoms with van der Waals surface area (Å²) in [7, 11) is 0. The zero-order valence-electron chi connectivity index (χ0n) is 11.1. The fourth-order valence-corrected chi connectivity index (χ4v) is 2.55. The van der Waals surface area contributed by atoms with Crippen molar-refractivity contribution < 1.29 is 0 Å². The fourth-order valence-electron chi connectivity index (χ4n) is 2.20. The van der Waals surface area contributed by atoms with Gasteiger partial charge >= 0.3 is 0 Å². The van der Waals surface area contributed by atoms with Gasteiger partial charge in [0.05, 0.1) is 17.6 Å². The van der Waals surface area contributed by atoms with Gasteiger partial charge < -0.3 is 0 Å². The van der Waals surface area contributed by atoms with Crippen molar-refractivity contribution in [3.05, 3.63) is 77.8 Å². The average Bonchev–Trinajstić information content (AvgIpc) is 2.57. The second-order valence-corrected chi connectivity index (χ2v) is 5.26. The molecule has 1 aromatic heterocycles. The van der Waals surface area contributed by atoms with Crippen LogP contribution in [0.25, 0.3) is 22.4 Å². The molecular formula is C17H12N2OS. The smallest absolute Gasteiger partial charge is 0.0780 e. The third-order valence-corrected chi connectivity index (χ3v) is 3.72. The molecule has 0 fully saturated rings. The van der Waals surface area contributed by atoms with Crippen LogP contribution in [-0.2, 0) is 0 Å². The normalized spacial score (nSPS) is 10.3. The van der Waals surface area contributed by atoms with E-state index in [1.54, 1.807) is 6.20 Å². The first-order valence-electron chi connectivity index (χ1n) is 6.49. The van der Waals surface area contributed by atoms with Gasteiger partial charge in [-0.3, -0.25) is 4.98 Å². The highest BCUT2D eigenvalue weighted by Gasteiger charge is 2.08. The van der Waals surface area contributed by atoms with Gasteiger partial charge in [0.2, 0.25) is 0 Å². The lowest BCUT2D eigenvalue weighted by atomic mass is 10.00. The molecule has 0 aliphatic rings. The summed E-state index contributed by atoms with van der Waals surface area (Å²) < 4.78 is 2.83. The molecule has 0 aliphatic heterocycles. The van der Waals surface area contributed by atoms with Crippen molar-refractivity contribution >= 4 is 11.9 Å². The van der Waals surface area contributed by atoms with Gasteiger partial charge in [0, 0.05) is 26.8 Å². The lowest BCUT2D eigenvalue weighted by Gasteiger charge is -2.09. The first-order valence-corrected chi connectivity index (χ1v) is 7.26. The SMILES string of the molecule is O=NSc1ccc(-c2cccnc2-c2ccccc2)cc1. The molecule has 3 rings (SSSR count). The minimum atomic E-state index is 0.832. The van der Waals surface area contributed by atoms with E-state index in [0.29, 0.717) is 0 Å². The Kier molecular flexibility index (Phi) is 4.07. The number of nitrogens with zero attached hydrogens (tertiary/aromatic N) is 2. The Morgan fingerprint density at radius 1 is 0.810 bits per heavy atom.